The number of imidazole rings is 1. The van der Waals surface area contributed by atoms with E-state index in [1.165, 1.54) is 17.4 Å². The van der Waals surface area contributed by atoms with Crippen molar-refractivity contribution in [2.75, 3.05) is 37.6 Å². The van der Waals surface area contributed by atoms with Crippen molar-refractivity contribution in [2.45, 2.75) is 13.0 Å². The van der Waals surface area contributed by atoms with Crippen LogP contribution in [0.3, 0.4) is 0 Å². The second-order valence-corrected chi connectivity index (χ2v) is 8.29. The molecule has 1 aliphatic rings. The standard InChI is InChI=1S/C20H23ClN6OS/c1-15(14-25-8-10-26(11-9-25)17-4-2-3-7-22-17)23-18(28)6-5-16-19(21)24-20-27(16)12-13-29-20/h2-7,12-13,15H,8-11,14H2,1H3,(H,23,28). The summed E-state index contributed by atoms with van der Waals surface area (Å²) >= 11 is 7.67. The number of hydrogen-bond donors (Lipinski definition) is 1. The maximum atomic E-state index is 12.3. The lowest BCUT2D eigenvalue weighted by Gasteiger charge is -2.36. The third-order valence-electron chi connectivity index (χ3n) is 4.91. The highest BCUT2D eigenvalue weighted by Crippen LogP contribution is 2.22. The fraction of sp³-hybridized carbons (Fsp3) is 0.350. The van der Waals surface area contributed by atoms with E-state index in [-0.39, 0.29) is 11.9 Å². The van der Waals surface area contributed by atoms with Crippen LogP contribution in [0.15, 0.2) is 42.0 Å². The highest BCUT2D eigenvalue weighted by Gasteiger charge is 2.19. The quantitative estimate of drug-likeness (QED) is 0.609. The summed E-state index contributed by atoms with van der Waals surface area (Å²) in [6, 6.07) is 6.04. The Hall–Kier alpha value is -2.42. The lowest BCUT2D eigenvalue weighted by Crippen LogP contribution is -2.50. The number of aromatic nitrogens is 3. The van der Waals surface area contributed by atoms with Gasteiger partial charge in [0.05, 0.1) is 5.69 Å². The number of hydrogen-bond acceptors (Lipinski definition) is 6. The van der Waals surface area contributed by atoms with Crippen LogP contribution < -0.4 is 10.2 Å². The minimum Gasteiger partial charge on any atom is -0.354 e. The van der Waals surface area contributed by atoms with Crippen molar-refractivity contribution in [3.05, 3.63) is 52.9 Å². The highest BCUT2D eigenvalue weighted by molar-refractivity contribution is 7.15. The van der Waals surface area contributed by atoms with Gasteiger partial charge in [-0.2, -0.15) is 0 Å². The Bertz CT molecular complexity index is 993. The molecule has 0 saturated carbocycles. The molecule has 0 radical (unpaired) electrons. The van der Waals surface area contributed by atoms with E-state index in [1.807, 2.05) is 47.3 Å². The first-order valence-corrected chi connectivity index (χ1v) is 10.8. The van der Waals surface area contributed by atoms with Gasteiger partial charge in [-0.15, -0.1) is 11.3 Å². The molecule has 0 spiro atoms. The lowest BCUT2D eigenvalue weighted by molar-refractivity contribution is -0.117. The largest absolute Gasteiger partial charge is 0.354 e. The second kappa shape index (κ2) is 8.94. The van der Waals surface area contributed by atoms with E-state index >= 15 is 0 Å². The Kier molecular flexibility index (Phi) is 6.13. The fourth-order valence-corrected chi connectivity index (χ4v) is 4.51. The third kappa shape index (κ3) is 4.77. The van der Waals surface area contributed by atoms with E-state index in [1.54, 1.807) is 6.08 Å². The monoisotopic (exact) mass is 430 g/mol. The Morgan fingerprint density at radius 2 is 2.17 bits per heavy atom. The summed E-state index contributed by atoms with van der Waals surface area (Å²) in [5, 5.41) is 5.37. The molecule has 1 saturated heterocycles. The molecule has 1 fully saturated rings. The molecule has 0 aromatic carbocycles. The van der Waals surface area contributed by atoms with E-state index in [9.17, 15) is 4.79 Å². The van der Waals surface area contributed by atoms with E-state index in [4.69, 9.17) is 11.6 Å². The molecule has 1 amide bonds. The molecule has 1 aliphatic heterocycles. The molecule has 0 aliphatic carbocycles. The number of thiazole rings is 1. The molecule has 4 heterocycles. The first-order chi connectivity index (χ1) is 14.1. The zero-order chi connectivity index (χ0) is 20.2. The predicted molar refractivity (Wildman–Crippen MR) is 118 cm³/mol. The molecule has 7 nitrogen and oxygen atoms in total. The van der Waals surface area contributed by atoms with Crippen LogP contribution in [0, 0.1) is 0 Å². The summed E-state index contributed by atoms with van der Waals surface area (Å²) in [5.41, 5.74) is 0.719. The van der Waals surface area contributed by atoms with Crippen LogP contribution in [-0.4, -0.2) is 63.9 Å². The summed E-state index contributed by atoms with van der Waals surface area (Å²) in [6.45, 7) is 6.63. The maximum absolute atomic E-state index is 12.3. The van der Waals surface area contributed by atoms with Crippen molar-refractivity contribution >= 4 is 45.7 Å². The zero-order valence-corrected chi connectivity index (χ0v) is 17.7. The topological polar surface area (TPSA) is 65.8 Å². The van der Waals surface area contributed by atoms with Crippen LogP contribution in [-0.2, 0) is 4.79 Å². The number of anilines is 1. The van der Waals surface area contributed by atoms with Crippen molar-refractivity contribution in [3.63, 3.8) is 0 Å². The molecule has 4 rings (SSSR count). The molecule has 1 unspecified atom stereocenters. The van der Waals surface area contributed by atoms with E-state index in [2.05, 4.69) is 25.1 Å². The Morgan fingerprint density at radius 1 is 1.34 bits per heavy atom. The number of piperazine rings is 1. The van der Waals surface area contributed by atoms with E-state index in [0.29, 0.717) is 5.15 Å². The minimum atomic E-state index is -0.133. The lowest BCUT2D eigenvalue weighted by atomic mass is 10.2. The number of pyridine rings is 1. The highest BCUT2D eigenvalue weighted by atomic mass is 35.5. The molecule has 1 N–H and O–H groups in total. The van der Waals surface area contributed by atoms with Gasteiger partial charge in [0, 0.05) is 62.6 Å². The number of fused-ring (bicyclic) bond motifs is 1. The van der Waals surface area contributed by atoms with Gasteiger partial charge in [-0.3, -0.25) is 14.1 Å². The second-order valence-electron chi connectivity index (χ2n) is 7.06. The van der Waals surface area contributed by atoms with Gasteiger partial charge >= 0.3 is 0 Å². The van der Waals surface area contributed by atoms with Gasteiger partial charge in [-0.1, -0.05) is 17.7 Å². The van der Waals surface area contributed by atoms with Crippen molar-refractivity contribution in [1.82, 2.24) is 24.6 Å². The Labute approximate surface area is 178 Å². The Balaban J connectivity index is 1.25. The van der Waals surface area contributed by atoms with Crippen LogP contribution in [0.25, 0.3) is 11.0 Å². The molecule has 1 atom stereocenters. The van der Waals surface area contributed by atoms with Crippen LogP contribution >= 0.6 is 22.9 Å². The average molecular weight is 431 g/mol. The fourth-order valence-electron chi connectivity index (χ4n) is 3.50. The smallest absolute Gasteiger partial charge is 0.244 e. The number of nitrogens with one attached hydrogen (secondary N) is 1. The molecular formula is C20H23ClN6OS. The molecule has 9 heteroatoms. The average Bonchev–Trinajstić information content (AvgIpc) is 3.28. The number of nitrogens with zero attached hydrogens (tertiary/aromatic N) is 5. The predicted octanol–water partition coefficient (Wildman–Crippen LogP) is 2.78. The van der Waals surface area contributed by atoms with Crippen LogP contribution in [0.1, 0.15) is 12.6 Å². The van der Waals surface area contributed by atoms with Crippen molar-refractivity contribution in [3.8, 4) is 0 Å². The van der Waals surface area contributed by atoms with E-state index in [0.717, 1.165) is 49.2 Å². The van der Waals surface area contributed by atoms with Crippen molar-refractivity contribution in [1.29, 1.82) is 0 Å². The van der Waals surface area contributed by atoms with Gasteiger partial charge < -0.3 is 10.2 Å². The first-order valence-electron chi connectivity index (χ1n) is 9.58. The number of halogens is 1. The Morgan fingerprint density at radius 3 is 2.93 bits per heavy atom. The molecule has 152 valence electrons. The van der Waals surface area contributed by atoms with Gasteiger partial charge in [0.2, 0.25) is 5.91 Å². The number of carbonyl (C=O) groups excluding carboxylic acids is 1. The van der Waals surface area contributed by atoms with Crippen LogP contribution in [0.5, 0.6) is 0 Å². The van der Waals surface area contributed by atoms with Crippen LogP contribution in [0.2, 0.25) is 5.15 Å². The minimum absolute atomic E-state index is 0.0515. The third-order valence-corrected chi connectivity index (χ3v) is 5.95. The van der Waals surface area contributed by atoms with Gasteiger partial charge in [-0.05, 0) is 25.1 Å². The summed E-state index contributed by atoms with van der Waals surface area (Å²) in [7, 11) is 0. The summed E-state index contributed by atoms with van der Waals surface area (Å²) in [5.74, 6) is 0.891. The molecule has 3 aromatic heterocycles. The number of amides is 1. The summed E-state index contributed by atoms with van der Waals surface area (Å²) < 4.78 is 1.88. The van der Waals surface area contributed by atoms with Crippen molar-refractivity contribution < 1.29 is 4.79 Å². The molecule has 0 bridgehead atoms. The normalized spacial score (nSPS) is 16.6. The summed E-state index contributed by atoms with van der Waals surface area (Å²) in [4.78, 5) is 26.5. The number of carbonyl (C=O) groups is 1. The molecule has 29 heavy (non-hydrogen) atoms. The SMILES string of the molecule is CC(CN1CCN(c2ccccn2)CC1)NC(=O)C=Cc1c(Cl)nc2sccn12. The zero-order valence-electron chi connectivity index (χ0n) is 16.2. The number of rotatable bonds is 6. The maximum Gasteiger partial charge on any atom is 0.244 e. The van der Waals surface area contributed by atoms with Gasteiger partial charge in [0.15, 0.2) is 10.1 Å². The molecular weight excluding hydrogens is 408 g/mol. The van der Waals surface area contributed by atoms with Crippen molar-refractivity contribution in [2.24, 2.45) is 0 Å². The summed E-state index contributed by atoms with van der Waals surface area (Å²) in [6.07, 6.45) is 6.95. The van der Waals surface area contributed by atoms with Gasteiger partial charge in [0.1, 0.15) is 5.82 Å². The van der Waals surface area contributed by atoms with Gasteiger partial charge in [0.25, 0.3) is 0 Å². The first kappa shape index (κ1) is 19.9. The van der Waals surface area contributed by atoms with Gasteiger partial charge in [-0.25, -0.2) is 9.97 Å². The van der Waals surface area contributed by atoms with Crippen LogP contribution in [0.4, 0.5) is 5.82 Å². The van der Waals surface area contributed by atoms with E-state index < -0.39 is 0 Å². The molecule has 3 aromatic rings.